The van der Waals surface area contributed by atoms with E-state index in [4.69, 9.17) is 23.3 Å². The summed E-state index contributed by atoms with van der Waals surface area (Å²) in [6.07, 6.45) is 53.3. The van der Waals surface area contributed by atoms with Crippen LogP contribution in [0.15, 0.2) is 60.8 Å². The summed E-state index contributed by atoms with van der Waals surface area (Å²) in [6, 6.07) is 0. The summed E-state index contributed by atoms with van der Waals surface area (Å²) in [6.45, 7) is 4.45. The van der Waals surface area contributed by atoms with E-state index in [0.29, 0.717) is 19.3 Å². The molecule has 394 valence electrons. The Bertz CT molecular complexity index is 1370. The van der Waals surface area contributed by atoms with Crippen LogP contribution in [0.2, 0.25) is 0 Å². The summed E-state index contributed by atoms with van der Waals surface area (Å²) in [5.74, 6) is -1.50. The average Bonchev–Trinajstić information content (AvgIpc) is 3.32. The number of carbonyl (C=O) groups excluding carboxylic acids is 3. The van der Waals surface area contributed by atoms with Gasteiger partial charge in [-0.3, -0.25) is 23.4 Å². The number of phosphoric acid groups is 1. The van der Waals surface area contributed by atoms with Crippen molar-refractivity contribution in [2.24, 2.45) is 0 Å². The highest BCUT2D eigenvalue weighted by atomic mass is 31.2. The van der Waals surface area contributed by atoms with Gasteiger partial charge in [0.05, 0.1) is 19.8 Å². The maximum atomic E-state index is 12.9. The van der Waals surface area contributed by atoms with E-state index >= 15 is 0 Å². The first-order chi connectivity index (χ1) is 33.2. The zero-order chi connectivity index (χ0) is 49.9. The molecule has 0 spiro atoms. The molecule has 0 aromatic rings. The fourth-order valence-corrected chi connectivity index (χ4v) is 8.05. The summed E-state index contributed by atoms with van der Waals surface area (Å²) >= 11 is 0. The van der Waals surface area contributed by atoms with E-state index in [1.165, 1.54) is 70.6 Å². The molecule has 0 aromatic heterocycles. The molecule has 0 rings (SSSR count). The van der Waals surface area contributed by atoms with Crippen molar-refractivity contribution in [3.8, 4) is 0 Å². The zero-order valence-corrected chi connectivity index (χ0v) is 44.2. The smallest absolute Gasteiger partial charge is 0.462 e. The Morgan fingerprint density at radius 1 is 0.426 bits per heavy atom. The van der Waals surface area contributed by atoms with E-state index in [-0.39, 0.29) is 25.9 Å². The molecular formula is C56H99O11P. The lowest BCUT2D eigenvalue weighted by atomic mass is 10.0. The predicted molar refractivity (Wildman–Crippen MR) is 279 cm³/mol. The Morgan fingerprint density at radius 2 is 0.779 bits per heavy atom. The molecule has 0 fully saturated rings. The van der Waals surface area contributed by atoms with Gasteiger partial charge in [0.1, 0.15) is 12.7 Å². The highest BCUT2D eigenvalue weighted by Crippen LogP contribution is 2.43. The monoisotopic (exact) mass is 979 g/mol. The first kappa shape index (κ1) is 65.2. The third kappa shape index (κ3) is 48.2. The molecule has 11 nitrogen and oxygen atoms in total. The molecule has 3 unspecified atom stereocenters. The van der Waals surface area contributed by atoms with Gasteiger partial charge in [-0.25, -0.2) is 4.57 Å². The lowest BCUT2D eigenvalue weighted by molar-refractivity contribution is -0.161. The second-order valence-electron chi connectivity index (χ2n) is 18.0. The van der Waals surface area contributed by atoms with Gasteiger partial charge in [-0.1, -0.05) is 204 Å². The molecule has 2 N–H and O–H groups in total. The fourth-order valence-electron chi connectivity index (χ4n) is 7.27. The topological polar surface area (TPSA) is 155 Å². The fraction of sp³-hybridized carbons (Fsp3) is 0.768. The Kier molecular flexibility index (Phi) is 48.5. The molecule has 0 radical (unpaired) electrons. The van der Waals surface area contributed by atoms with E-state index < -0.39 is 57.8 Å². The van der Waals surface area contributed by atoms with Gasteiger partial charge < -0.3 is 24.2 Å². The molecule has 12 heteroatoms. The van der Waals surface area contributed by atoms with Gasteiger partial charge in [0.25, 0.3) is 0 Å². The van der Waals surface area contributed by atoms with Crippen LogP contribution in [0, 0.1) is 0 Å². The van der Waals surface area contributed by atoms with Crippen molar-refractivity contribution in [2.75, 3.05) is 26.4 Å². The van der Waals surface area contributed by atoms with Crippen LogP contribution < -0.4 is 0 Å². The summed E-state index contributed by atoms with van der Waals surface area (Å²) in [5, 5.41) is 9.77. The molecule has 0 amide bonds. The van der Waals surface area contributed by atoms with Crippen LogP contribution in [0.1, 0.15) is 239 Å². The van der Waals surface area contributed by atoms with Gasteiger partial charge in [-0.2, -0.15) is 0 Å². The highest BCUT2D eigenvalue weighted by Gasteiger charge is 2.28. The Labute approximate surface area is 415 Å². The summed E-state index contributed by atoms with van der Waals surface area (Å²) < 4.78 is 39.4. The average molecular weight is 979 g/mol. The minimum atomic E-state index is -4.75. The molecule has 3 atom stereocenters. The molecular weight excluding hydrogens is 880 g/mol. The van der Waals surface area contributed by atoms with Crippen LogP contribution in [0.5, 0.6) is 0 Å². The molecule has 0 saturated carbocycles. The number of carbonyl (C=O) groups is 3. The van der Waals surface area contributed by atoms with Gasteiger partial charge in [0, 0.05) is 19.3 Å². The van der Waals surface area contributed by atoms with Crippen molar-refractivity contribution in [3.63, 3.8) is 0 Å². The molecule has 0 heterocycles. The van der Waals surface area contributed by atoms with Crippen LogP contribution in [-0.4, -0.2) is 66.5 Å². The van der Waals surface area contributed by atoms with Crippen LogP contribution >= 0.6 is 7.82 Å². The lowest BCUT2D eigenvalue weighted by Crippen LogP contribution is -2.30. The Balaban J connectivity index is 4.76. The van der Waals surface area contributed by atoms with Crippen molar-refractivity contribution in [1.82, 2.24) is 0 Å². The molecule has 0 aliphatic heterocycles. The number of phosphoric ester groups is 1. The maximum absolute atomic E-state index is 12.9. The van der Waals surface area contributed by atoms with E-state index in [1.54, 1.807) is 0 Å². The minimum absolute atomic E-state index is 0.163. The van der Waals surface area contributed by atoms with Crippen molar-refractivity contribution >= 4 is 25.7 Å². The molecule has 0 aliphatic rings. The number of unbranched alkanes of at least 4 members (excludes halogenated alkanes) is 23. The number of aliphatic hydroxyl groups excluding tert-OH is 1. The Hall–Kier alpha value is -2.82. The number of allylic oxidation sites excluding steroid dienone is 10. The predicted octanol–water partition coefficient (Wildman–Crippen LogP) is 15.6. The van der Waals surface area contributed by atoms with Gasteiger partial charge in [0.15, 0.2) is 6.10 Å². The van der Waals surface area contributed by atoms with Gasteiger partial charge >= 0.3 is 25.7 Å². The SMILES string of the molecule is CC/C=C\C/C=C\C/C=C\C/C=C\CCCCCCC(=O)OCC(COP(=O)(O)OCC(CO)OC(=O)CCCCCCC/C=C\CCCC)OC(=O)CCCCCCCCCCCCCCC. The summed E-state index contributed by atoms with van der Waals surface area (Å²) in [5.41, 5.74) is 0. The number of esters is 3. The van der Waals surface area contributed by atoms with E-state index in [1.807, 2.05) is 0 Å². The van der Waals surface area contributed by atoms with Crippen LogP contribution in [-0.2, 0) is 42.2 Å². The normalized spacial score (nSPS) is 13.9. The van der Waals surface area contributed by atoms with Crippen LogP contribution in [0.4, 0.5) is 0 Å². The molecule has 68 heavy (non-hydrogen) atoms. The van der Waals surface area contributed by atoms with Crippen molar-refractivity contribution in [2.45, 2.75) is 251 Å². The highest BCUT2D eigenvalue weighted by molar-refractivity contribution is 7.47. The van der Waals surface area contributed by atoms with Crippen molar-refractivity contribution in [3.05, 3.63) is 60.8 Å². The summed E-state index contributed by atoms with van der Waals surface area (Å²) in [7, 11) is -4.75. The second-order valence-corrected chi connectivity index (χ2v) is 19.5. The number of ether oxygens (including phenoxy) is 3. The Morgan fingerprint density at radius 3 is 1.24 bits per heavy atom. The third-order valence-electron chi connectivity index (χ3n) is 11.4. The largest absolute Gasteiger partial charge is 0.472 e. The summed E-state index contributed by atoms with van der Waals surface area (Å²) in [4.78, 5) is 48.4. The molecule has 0 aromatic carbocycles. The quantitative estimate of drug-likeness (QED) is 0.0197. The van der Waals surface area contributed by atoms with Gasteiger partial charge in [0.2, 0.25) is 0 Å². The maximum Gasteiger partial charge on any atom is 0.472 e. The standard InChI is InChI=1S/C56H99O11P/c1-4-7-10-13-16-19-22-24-25-26-27-29-31-33-36-39-42-45-54(58)63-49-53(67-56(60)47-44-41-38-35-32-28-23-20-17-14-11-8-5-2)51-65-68(61,62)64-50-52(48-57)66-55(59)46-43-40-37-34-30-21-18-15-12-9-6-3/h7,10,15-16,18-19,24-25,27,29,52-53,57H,4-6,8-9,11-14,17,20-23,26,28,30-51H2,1-3H3,(H,61,62)/b10-7-,18-15-,19-16-,25-24-,29-27-. The van der Waals surface area contributed by atoms with Crippen LogP contribution in [0.3, 0.4) is 0 Å². The van der Waals surface area contributed by atoms with Gasteiger partial charge in [-0.15, -0.1) is 0 Å². The number of aliphatic hydroxyl groups is 1. The van der Waals surface area contributed by atoms with Gasteiger partial charge in [-0.05, 0) is 77.0 Å². The number of hydrogen-bond donors (Lipinski definition) is 2. The number of hydrogen-bond acceptors (Lipinski definition) is 10. The number of rotatable bonds is 50. The van der Waals surface area contributed by atoms with Crippen molar-refractivity contribution < 1.29 is 52.2 Å². The molecule has 0 saturated heterocycles. The van der Waals surface area contributed by atoms with E-state index in [2.05, 4.69) is 81.5 Å². The van der Waals surface area contributed by atoms with Crippen LogP contribution in [0.25, 0.3) is 0 Å². The lowest BCUT2D eigenvalue weighted by Gasteiger charge is -2.21. The molecule has 0 bridgehead atoms. The second kappa shape index (κ2) is 50.6. The van der Waals surface area contributed by atoms with E-state index in [0.717, 1.165) is 109 Å². The first-order valence-electron chi connectivity index (χ1n) is 27.2. The van der Waals surface area contributed by atoms with E-state index in [9.17, 15) is 28.9 Å². The molecule has 0 aliphatic carbocycles. The zero-order valence-electron chi connectivity index (χ0n) is 43.3. The van der Waals surface area contributed by atoms with Crippen molar-refractivity contribution in [1.29, 1.82) is 0 Å². The minimum Gasteiger partial charge on any atom is -0.462 e. The first-order valence-corrected chi connectivity index (χ1v) is 28.7. The third-order valence-corrected chi connectivity index (χ3v) is 12.4.